The lowest BCUT2D eigenvalue weighted by Gasteiger charge is -2.07. The molecule has 0 aliphatic heterocycles. The SMILES string of the molecule is C=C(Cl)Cc1ccc(OC(/C=C(\C)F)=C/C)cc1. The summed E-state index contributed by atoms with van der Waals surface area (Å²) in [5.74, 6) is 0.840. The molecule has 18 heavy (non-hydrogen) atoms. The molecule has 0 fully saturated rings. The highest BCUT2D eigenvalue weighted by Gasteiger charge is 2.00. The van der Waals surface area contributed by atoms with Crippen molar-refractivity contribution in [2.45, 2.75) is 20.3 Å². The van der Waals surface area contributed by atoms with Crippen molar-refractivity contribution in [3.05, 3.63) is 65.2 Å². The summed E-state index contributed by atoms with van der Waals surface area (Å²) in [7, 11) is 0. The van der Waals surface area contributed by atoms with E-state index in [1.165, 1.54) is 13.0 Å². The van der Waals surface area contributed by atoms with Crippen molar-refractivity contribution >= 4 is 11.6 Å². The molecule has 0 atom stereocenters. The van der Waals surface area contributed by atoms with E-state index in [2.05, 4.69) is 6.58 Å². The number of rotatable bonds is 5. The van der Waals surface area contributed by atoms with Crippen molar-refractivity contribution in [2.24, 2.45) is 0 Å². The molecule has 96 valence electrons. The Morgan fingerprint density at radius 3 is 2.44 bits per heavy atom. The maximum absolute atomic E-state index is 12.8. The molecule has 3 heteroatoms. The van der Waals surface area contributed by atoms with Crippen molar-refractivity contribution in [3.8, 4) is 5.75 Å². The summed E-state index contributed by atoms with van der Waals surface area (Å²) in [6.07, 6.45) is 3.67. The molecular formula is C15H16ClFO. The van der Waals surface area contributed by atoms with Gasteiger partial charge in [-0.05, 0) is 37.6 Å². The first-order valence-electron chi connectivity index (χ1n) is 5.61. The topological polar surface area (TPSA) is 9.23 Å². The second-order valence-electron chi connectivity index (χ2n) is 3.86. The zero-order valence-electron chi connectivity index (χ0n) is 10.5. The van der Waals surface area contributed by atoms with Crippen LogP contribution in [0.25, 0.3) is 0 Å². The molecule has 0 amide bonds. The Hall–Kier alpha value is -1.54. The number of benzene rings is 1. The number of hydrogen-bond acceptors (Lipinski definition) is 1. The number of allylic oxidation sites excluding steroid dienone is 4. The molecular weight excluding hydrogens is 251 g/mol. The molecule has 0 aromatic heterocycles. The third kappa shape index (κ3) is 5.19. The van der Waals surface area contributed by atoms with Crippen molar-refractivity contribution in [1.29, 1.82) is 0 Å². The Labute approximate surface area is 112 Å². The smallest absolute Gasteiger partial charge is 0.127 e. The van der Waals surface area contributed by atoms with Gasteiger partial charge in [0.25, 0.3) is 0 Å². The Morgan fingerprint density at radius 2 is 2.00 bits per heavy atom. The number of halogens is 2. The van der Waals surface area contributed by atoms with Crippen molar-refractivity contribution < 1.29 is 9.13 Å². The molecule has 0 N–H and O–H groups in total. The first-order chi connectivity index (χ1) is 8.51. The van der Waals surface area contributed by atoms with Gasteiger partial charge in [-0.2, -0.15) is 0 Å². The lowest BCUT2D eigenvalue weighted by molar-refractivity contribution is 0.439. The highest BCUT2D eigenvalue weighted by atomic mass is 35.5. The molecule has 0 saturated carbocycles. The Bertz CT molecular complexity index is 468. The second kappa shape index (κ2) is 7.02. The summed E-state index contributed by atoms with van der Waals surface area (Å²) < 4.78 is 18.3. The molecule has 0 saturated heterocycles. The fourth-order valence-electron chi connectivity index (χ4n) is 1.40. The van der Waals surface area contributed by atoms with Gasteiger partial charge in [0.05, 0.1) is 0 Å². The van der Waals surface area contributed by atoms with Gasteiger partial charge >= 0.3 is 0 Å². The van der Waals surface area contributed by atoms with Crippen LogP contribution in [0.2, 0.25) is 0 Å². The van der Waals surface area contributed by atoms with E-state index in [1.54, 1.807) is 13.0 Å². The van der Waals surface area contributed by atoms with Crippen LogP contribution in [-0.2, 0) is 6.42 Å². The molecule has 1 rings (SSSR count). The summed E-state index contributed by atoms with van der Waals surface area (Å²) in [6, 6.07) is 7.45. The Kier molecular flexibility index (Phi) is 5.66. The molecule has 1 aromatic rings. The third-order valence-electron chi connectivity index (χ3n) is 2.18. The molecule has 0 radical (unpaired) electrons. The zero-order chi connectivity index (χ0) is 13.5. The average molecular weight is 267 g/mol. The van der Waals surface area contributed by atoms with Gasteiger partial charge in [-0.15, -0.1) is 0 Å². The quantitative estimate of drug-likeness (QED) is 0.530. The minimum absolute atomic E-state index is 0.293. The van der Waals surface area contributed by atoms with Gasteiger partial charge in [0.2, 0.25) is 0 Å². The first kappa shape index (κ1) is 14.5. The van der Waals surface area contributed by atoms with Gasteiger partial charge in [0.15, 0.2) is 0 Å². The molecule has 0 unspecified atom stereocenters. The molecule has 0 bridgehead atoms. The van der Waals surface area contributed by atoms with E-state index in [4.69, 9.17) is 16.3 Å². The van der Waals surface area contributed by atoms with Crippen molar-refractivity contribution in [3.63, 3.8) is 0 Å². The molecule has 0 spiro atoms. The largest absolute Gasteiger partial charge is 0.458 e. The lowest BCUT2D eigenvalue weighted by Crippen LogP contribution is -1.93. The molecule has 0 aliphatic carbocycles. The van der Waals surface area contributed by atoms with E-state index in [0.717, 1.165) is 5.56 Å². The van der Waals surface area contributed by atoms with Gasteiger partial charge in [-0.1, -0.05) is 30.3 Å². The second-order valence-corrected chi connectivity index (χ2v) is 4.40. The van der Waals surface area contributed by atoms with E-state index in [1.807, 2.05) is 24.3 Å². The van der Waals surface area contributed by atoms with Crippen LogP contribution in [0.15, 0.2) is 59.6 Å². The first-order valence-corrected chi connectivity index (χ1v) is 5.99. The molecule has 0 aliphatic rings. The minimum Gasteiger partial charge on any atom is -0.458 e. The number of ether oxygens (including phenoxy) is 1. The summed E-state index contributed by atoms with van der Waals surface area (Å²) in [5, 5.41) is 0.591. The Balaban J connectivity index is 2.74. The average Bonchev–Trinajstić information content (AvgIpc) is 2.29. The lowest BCUT2D eigenvalue weighted by atomic mass is 10.1. The maximum Gasteiger partial charge on any atom is 0.127 e. The van der Waals surface area contributed by atoms with Gasteiger partial charge < -0.3 is 4.74 Å². The van der Waals surface area contributed by atoms with Gasteiger partial charge in [-0.25, -0.2) is 4.39 Å². The van der Waals surface area contributed by atoms with E-state index < -0.39 is 0 Å². The molecule has 1 nitrogen and oxygen atoms in total. The van der Waals surface area contributed by atoms with E-state index in [-0.39, 0.29) is 5.83 Å². The van der Waals surface area contributed by atoms with Crippen LogP contribution in [0.5, 0.6) is 5.75 Å². The van der Waals surface area contributed by atoms with Gasteiger partial charge in [0.1, 0.15) is 17.3 Å². The van der Waals surface area contributed by atoms with E-state index >= 15 is 0 Å². The van der Waals surface area contributed by atoms with Crippen LogP contribution in [0.4, 0.5) is 4.39 Å². The minimum atomic E-state index is -0.293. The van der Waals surface area contributed by atoms with Crippen LogP contribution in [-0.4, -0.2) is 0 Å². The monoisotopic (exact) mass is 266 g/mol. The fraction of sp³-hybridized carbons (Fsp3) is 0.200. The van der Waals surface area contributed by atoms with E-state index in [0.29, 0.717) is 23.0 Å². The highest BCUT2D eigenvalue weighted by molar-refractivity contribution is 6.29. The summed E-state index contributed by atoms with van der Waals surface area (Å²) in [5.41, 5.74) is 1.06. The zero-order valence-corrected chi connectivity index (χ0v) is 11.3. The summed E-state index contributed by atoms with van der Waals surface area (Å²) in [4.78, 5) is 0. The highest BCUT2D eigenvalue weighted by Crippen LogP contribution is 2.18. The Morgan fingerprint density at radius 1 is 1.39 bits per heavy atom. The van der Waals surface area contributed by atoms with Crippen LogP contribution in [0.3, 0.4) is 0 Å². The van der Waals surface area contributed by atoms with E-state index in [9.17, 15) is 4.39 Å². The maximum atomic E-state index is 12.8. The van der Waals surface area contributed by atoms with Crippen molar-refractivity contribution in [1.82, 2.24) is 0 Å². The van der Waals surface area contributed by atoms with Crippen LogP contribution < -0.4 is 4.74 Å². The van der Waals surface area contributed by atoms with Crippen molar-refractivity contribution in [2.75, 3.05) is 0 Å². The summed E-state index contributed by atoms with van der Waals surface area (Å²) >= 11 is 5.73. The summed E-state index contributed by atoms with van der Waals surface area (Å²) in [6.45, 7) is 6.81. The van der Waals surface area contributed by atoms with Crippen LogP contribution >= 0.6 is 11.6 Å². The molecule has 0 heterocycles. The van der Waals surface area contributed by atoms with Crippen LogP contribution in [0, 0.1) is 0 Å². The number of hydrogen-bond donors (Lipinski definition) is 0. The predicted molar refractivity (Wildman–Crippen MR) is 74.4 cm³/mol. The van der Waals surface area contributed by atoms with Gasteiger partial charge in [-0.3, -0.25) is 0 Å². The third-order valence-corrected chi connectivity index (χ3v) is 2.31. The fourth-order valence-corrected chi connectivity index (χ4v) is 1.55. The normalized spacial score (nSPS) is 12.4. The predicted octanol–water partition coefficient (Wildman–Crippen LogP) is 5.14. The molecule has 1 aromatic carbocycles. The standard InChI is InChI=1S/C15H16ClFO/c1-4-14(10-12(3)17)18-15-7-5-13(6-8-15)9-11(2)16/h4-8,10H,2,9H2,1,3H3/b12-10+,14-4+. The van der Waals surface area contributed by atoms with Gasteiger partial charge in [0, 0.05) is 17.5 Å². The van der Waals surface area contributed by atoms with Crippen LogP contribution in [0.1, 0.15) is 19.4 Å².